The van der Waals surface area contributed by atoms with Crippen molar-refractivity contribution < 1.29 is 23.8 Å². The van der Waals surface area contributed by atoms with Gasteiger partial charge in [0.1, 0.15) is 11.8 Å². The third-order valence-corrected chi connectivity index (χ3v) is 4.66. The van der Waals surface area contributed by atoms with Crippen molar-refractivity contribution in [1.29, 1.82) is 5.26 Å². The Hall–Kier alpha value is -4.35. The van der Waals surface area contributed by atoms with Gasteiger partial charge in [0.05, 0.1) is 29.0 Å². The van der Waals surface area contributed by atoms with Crippen molar-refractivity contribution in [3.8, 4) is 23.3 Å². The molecular formula is C25H20ClN3O5. The second kappa shape index (κ2) is 12.0. The highest BCUT2D eigenvalue weighted by molar-refractivity contribution is 6.33. The van der Waals surface area contributed by atoms with Crippen LogP contribution in [0.1, 0.15) is 28.4 Å². The number of halogens is 1. The van der Waals surface area contributed by atoms with Gasteiger partial charge in [-0.2, -0.15) is 10.4 Å². The Morgan fingerprint density at radius 2 is 1.79 bits per heavy atom. The Kier molecular flexibility index (Phi) is 8.60. The fraction of sp³-hybridized carbons (Fsp3) is 0.120. The number of esters is 1. The molecule has 0 aliphatic rings. The summed E-state index contributed by atoms with van der Waals surface area (Å²) in [5, 5.41) is 13.2. The lowest BCUT2D eigenvalue weighted by Crippen LogP contribution is -2.24. The summed E-state index contributed by atoms with van der Waals surface area (Å²) >= 11 is 6.06. The van der Waals surface area contributed by atoms with Crippen LogP contribution in [0.2, 0.25) is 5.02 Å². The summed E-state index contributed by atoms with van der Waals surface area (Å²) < 4.78 is 16.4. The molecule has 0 aliphatic heterocycles. The maximum Gasteiger partial charge on any atom is 0.345 e. The number of carbonyl (C=O) groups excluding carboxylic acids is 2. The van der Waals surface area contributed by atoms with E-state index in [9.17, 15) is 9.59 Å². The number of hydrazone groups is 1. The summed E-state index contributed by atoms with van der Waals surface area (Å²) in [6, 6.07) is 20.0. The maximum atomic E-state index is 12.5. The van der Waals surface area contributed by atoms with E-state index in [2.05, 4.69) is 10.5 Å². The molecule has 1 amide bonds. The molecule has 1 N–H and O–H groups in total. The van der Waals surface area contributed by atoms with Gasteiger partial charge in [-0.1, -0.05) is 35.9 Å². The molecule has 0 spiro atoms. The number of nitriles is 1. The average molecular weight is 478 g/mol. The zero-order chi connectivity index (χ0) is 24.3. The van der Waals surface area contributed by atoms with Gasteiger partial charge in [0.15, 0.2) is 18.1 Å². The lowest BCUT2D eigenvalue weighted by molar-refractivity contribution is -0.123. The van der Waals surface area contributed by atoms with E-state index in [1.54, 1.807) is 73.7 Å². The molecule has 0 heterocycles. The molecule has 34 heavy (non-hydrogen) atoms. The molecule has 0 atom stereocenters. The van der Waals surface area contributed by atoms with E-state index in [0.717, 1.165) is 0 Å². The molecule has 9 heteroatoms. The number of carbonyl (C=O) groups is 2. The first kappa shape index (κ1) is 24.3. The molecule has 0 aliphatic carbocycles. The van der Waals surface area contributed by atoms with Gasteiger partial charge in [-0.25, -0.2) is 10.2 Å². The molecule has 8 nitrogen and oxygen atoms in total. The largest absolute Gasteiger partial charge is 0.490 e. The van der Waals surface area contributed by atoms with Crippen LogP contribution in [0, 0.1) is 11.3 Å². The summed E-state index contributed by atoms with van der Waals surface area (Å²) in [6.07, 6.45) is 1.41. The van der Waals surface area contributed by atoms with Gasteiger partial charge in [-0.15, -0.1) is 0 Å². The Bertz CT molecular complexity index is 1250. The summed E-state index contributed by atoms with van der Waals surface area (Å²) in [5.41, 5.74) is 3.51. The molecule has 3 aromatic rings. The van der Waals surface area contributed by atoms with E-state index >= 15 is 0 Å². The summed E-state index contributed by atoms with van der Waals surface area (Å²) in [4.78, 5) is 24.4. The third-order valence-electron chi connectivity index (χ3n) is 4.33. The van der Waals surface area contributed by atoms with Gasteiger partial charge in [0.2, 0.25) is 0 Å². The van der Waals surface area contributed by atoms with Crippen LogP contribution in [0.3, 0.4) is 0 Å². The number of ether oxygens (including phenoxy) is 3. The van der Waals surface area contributed by atoms with Gasteiger partial charge in [0.25, 0.3) is 5.91 Å². The van der Waals surface area contributed by atoms with Crippen molar-refractivity contribution in [2.75, 3.05) is 13.2 Å². The topological polar surface area (TPSA) is 110 Å². The smallest absolute Gasteiger partial charge is 0.345 e. The average Bonchev–Trinajstić information content (AvgIpc) is 2.84. The van der Waals surface area contributed by atoms with E-state index in [0.29, 0.717) is 29.2 Å². The molecule has 172 valence electrons. The number of amides is 1. The van der Waals surface area contributed by atoms with E-state index in [1.165, 1.54) is 6.21 Å². The molecule has 0 fully saturated rings. The summed E-state index contributed by atoms with van der Waals surface area (Å²) in [7, 11) is 0. The minimum Gasteiger partial charge on any atom is -0.490 e. The van der Waals surface area contributed by atoms with E-state index in [4.69, 9.17) is 31.1 Å². The van der Waals surface area contributed by atoms with Crippen LogP contribution in [0.4, 0.5) is 0 Å². The Labute approximate surface area is 201 Å². The van der Waals surface area contributed by atoms with Crippen molar-refractivity contribution in [3.63, 3.8) is 0 Å². The summed E-state index contributed by atoms with van der Waals surface area (Å²) in [5.74, 6) is -0.253. The van der Waals surface area contributed by atoms with Crippen LogP contribution >= 0.6 is 11.6 Å². The highest BCUT2D eigenvalue weighted by Crippen LogP contribution is 2.29. The highest BCUT2D eigenvalue weighted by atomic mass is 35.5. The fourth-order valence-corrected chi connectivity index (χ4v) is 2.99. The first-order valence-corrected chi connectivity index (χ1v) is 10.6. The number of para-hydroxylation sites is 1. The predicted octanol–water partition coefficient (Wildman–Crippen LogP) is 4.36. The lowest BCUT2D eigenvalue weighted by Gasteiger charge is -2.12. The molecule has 0 radical (unpaired) electrons. The molecule has 0 bridgehead atoms. The monoisotopic (exact) mass is 477 g/mol. The molecule has 0 aromatic heterocycles. The van der Waals surface area contributed by atoms with E-state index in [1.807, 2.05) is 6.07 Å². The first-order chi connectivity index (χ1) is 16.5. The van der Waals surface area contributed by atoms with Gasteiger partial charge in [-0.05, 0) is 55.0 Å². The van der Waals surface area contributed by atoms with Crippen molar-refractivity contribution in [1.82, 2.24) is 5.43 Å². The third kappa shape index (κ3) is 6.58. The standard InChI is InChI=1S/C25H20ClN3O5/c1-2-32-23-13-17(11-12-22(23)34-25(31)19-8-4-5-9-20(19)26)15-28-29-24(30)16-33-21-10-6-3-7-18(21)14-27/h3-13,15H,2,16H2,1H3,(H,29,30). The van der Waals surface area contributed by atoms with E-state index in [-0.39, 0.29) is 22.9 Å². The number of hydrogen-bond donors (Lipinski definition) is 1. The first-order valence-electron chi connectivity index (χ1n) is 10.2. The van der Waals surface area contributed by atoms with Crippen LogP contribution in [0.15, 0.2) is 71.8 Å². The zero-order valence-electron chi connectivity index (χ0n) is 18.2. The second-order valence-corrected chi connectivity index (χ2v) is 7.11. The minimum absolute atomic E-state index is 0.220. The molecule has 3 rings (SSSR count). The Morgan fingerprint density at radius 1 is 1.03 bits per heavy atom. The molecule has 3 aromatic carbocycles. The Morgan fingerprint density at radius 3 is 2.56 bits per heavy atom. The van der Waals surface area contributed by atoms with E-state index < -0.39 is 11.9 Å². The van der Waals surface area contributed by atoms with Crippen LogP contribution in [-0.4, -0.2) is 31.3 Å². The van der Waals surface area contributed by atoms with Crippen molar-refractivity contribution >= 4 is 29.7 Å². The van der Waals surface area contributed by atoms with Gasteiger partial charge >= 0.3 is 5.97 Å². The lowest BCUT2D eigenvalue weighted by atomic mass is 10.2. The second-order valence-electron chi connectivity index (χ2n) is 6.70. The van der Waals surface area contributed by atoms with Gasteiger partial charge in [-0.3, -0.25) is 4.79 Å². The quantitative estimate of drug-likeness (QED) is 0.212. The number of hydrogen-bond acceptors (Lipinski definition) is 7. The molecular weight excluding hydrogens is 458 g/mol. The van der Waals surface area contributed by atoms with Crippen LogP contribution in [0.25, 0.3) is 0 Å². The van der Waals surface area contributed by atoms with Crippen molar-refractivity contribution in [2.45, 2.75) is 6.92 Å². The van der Waals surface area contributed by atoms with Crippen molar-refractivity contribution in [2.24, 2.45) is 5.10 Å². The molecule has 0 saturated heterocycles. The predicted molar refractivity (Wildman–Crippen MR) is 126 cm³/mol. The van der Waals surface area contributed by atoms with Crippen LogP contribution in [-0.2, 0) is 4.79 Å². The van der Waals surface area contributed by atoms with Crippen LogP contribution in [0.5, 0.6) is 17.2 Å². The normalized spacial score (nSPS) is 10.4. The Balaban J connectivity index is 1.62. The van der Waals surface area contributed by atoms with Crippen LogP contribution < -0.4 is 19.6 Å². The van der Waals surface area contributed by atoms with Crippen molar-refractivity contribution in [3.05, 3.63) is 88.4 Å². The van der Waals surface area contributed by atoms with Gasteiger partial charge < -0.3 is 14.2 Å². The van der Waals surface area contributed by atoms with Gasteiger partial charge in [0, 0.05) is 0 Å². The highest BCUT2D eigenvalue weighted by Gasteiger charge is 2.15. The molecule has 0 saturated carbocycles. The minimum atomic E-state index is -0.613. The maximum absolute atomic E-state index is 12.5. The number of nitrogens with zero attached hydrogens (tertiary/aromatic N) is 2. The number of rotatable bonds is 9. The molecule has 0 unspecified atom stereocenters. The number of nitrogens with one attached hydrogen (secondary N) is 1. The summed E-state index contributed by atoms with van der Waals surface area (Å²) in [6.45, 7) is 1.83. The SMILES string of the molecule is CCOc1cc(C=NNC(=O)COc2ccccc2C#N)ccc1OC(=O)c1ccccc1Cl. The zero-order valence-corrected chi connectivity index (χ0v) is 18.9. The fourth-order valence-electron chi connectivity index (χ4n) is 2.78. The number of benzene rings is 3.